The topological polar surface area (TPSA) is 150 Å². The van der Waals surface area contributed by atoms with Gasteiger partial charge in [0.1, 0.15) is 0 Å². The van der Waals surface area contributed by atoms with Gasteiger partial charge in [-0.3, -0.25) is 0 Å². The van der Waals surface area contributed by atoms with Gasteiger partial charge < -0.3 is 31.9 Å². The highest BCUT2D eigenvalue weighted by Gasteiger charge is 2.05. The number of rotatable bonds is 12. The van der Waals surface area contributed by atoms with Gasteiger partial charge in [0.2, 0.25) is 35.7 Å². The molecule has 2 aromatic rings. The van der Waals surface area contributed by atoms with Gasteiger partial charge in [0, 0.05) is 40.8 Å². The predicted octanol–water partition coefficient (Wildman–Crippen LogP) is 0.918. The summed E-state index contributed by atoms with van der Waals surface area (Å²) < 4.78 is 0. The van der Waals surface area contributed by atoms with Crippen LogP contribution in [0, 0.1) is 0 Å². The number of anilines is 6. The van der Waals surface area contributed by atoms with Crippen LogP contribution in [0.5, 0.6) is 0 Å². The Kier molecular flexibility index (Phi) is 8.00. The van der Waals surface area contributed by atoms with E-state index in [0.29, 0.717) is 35.7 Å². The summed E-state index contributed by atoms with van der Waals surface area (Å²) in [6, 6.07) is 0. The fourth-order valence-electron chi connectivity index (χ4n) is 2.13. The zero-order chi connectivity index (χ0) is 19.5. The van der Waals surface area contributed by atoms with Crippen LogP contribution in [0.4, 0.5) is 35.7 Å². The number of aromatic nitrogens is 6. The van der Waals surface area contributed by atoms with Gasteiger partial charge in [-0.2, -0.15) is 29.9 Å². The van der Waals surface area contributed by atoms with Crippen LogP contribution in [0.2, 0.25) is 0 Å². The van der Waals surface area contributed by atoms with Crippen molar-refractivity contribution in [3.05, 3.63) is 0 Å². The molecule has 0 aromatic carbocycles. The lowest BCUT2D eigenvalue weighted by atomic mass is 10.3. The first-order valence-corrected chi connectivity index (χ1v) is 8.95. The second kappa shape index (κ2) is 10.7. The molecule has 0 bridgehead atoms. The van der Waals surface area contributed by atoms with Crippen molar-refractivity contribution in [2.45, 2.75) is 19.8 Å². The Morgan fingerprint density at radius 2 is 0.852 bits per heavy atom. The zero-order valence-electron chi connectivity index (χ0n) is 16.2. The van der Waals surface area contributed by atoms with Gasteiger partial charge in [-0.05, 0) is 19.8 Å². The van der Waals surface area contributed by atoms with Crippen LogP contribution in [0.1, 0.15) is 19.8 Å². The van der Waals surface area contributed by atoms with Gasteiger partial charge in [0.15, 0.2) is 0 Å². The summed E-state index contributed by atoms with van der Waals surface area (Å²) in [7, 11) is 5.32. The normalized spacial score (nSPS) is 10.2. The molecule has 2 rings (SSSR count). The number of nitrogens with one attached hydrogen (secondary N) is 6. The molecule has 0 unspecified atom stereocenters. The van der Waals surface area contributed by atoms with Gasteiger partial charge >= 0.3 is 0 Å². The molecular weight excluding hydrogens is 348 g/mol. The van der Waals surface area contributed by atoms with Crippen LogP contribution in [-0.4, -0.2) is 70.7 Å². The predicted molar refractivity (Wildman–Crippen MR) is 109 cm³/mol. The van der Waals surface area contributed by atoms with Crippen LogP contribution in [-0.2, 0) is 0 Å². The fraction of sp³-hybridized carbons (Fsp3) is 0.600. The molecule has 12 nitrogen and oxygen atoms in total. The second-order valence-corrected chi connectivity index (χ2v) is 5.45. The first-order valence-electron chi connectivity index (χ1n) is 8.95. The molecule has 0 spiro atoms. The van der Waals surface area contributed by atoms with Crippen molar-refractivity contribution < 1.29 is 0 Å². The maximum Gasteiger partial charge on any atom is 0.229 e. The van der Waals surface area contributed by atoms with Crippen molar-refractivity contribution in [1.82, 2.24) is 29.9 Å². The lowest BCUT2D eigenvalue weighted by molar-refractivity contribution is 0.783. The van der Waals surface area contributed by atoms with E-state index < -0.39 is 0 Å². The first kappa shape index (κ1) is 20.1. The maximum absolute atomic E-state index is 4.33. The molecular formula is C15H28N12. The maximum atomic E-state index is 4.33. The number of unbranched alkanes of at least 4 members (excludes halogenated alkanes) is 1. The van der Waals surface area contributed by atoms with Gasteiger partial charge in [0.25, 0.3) is 0 Å². The van der Waals surface area contributed by atoms with Crippen molar-refractivity contribution in [3.8, 4) is 0 Å². The van der Waals surface area contributed by atoms with Crippen molar-refractivity contribution in [2.75, 3.05) is 72.7 Å². The average molecular weight is 376 g/mol. The summed E-state index contributed by atoms with van der Waals surface area (Å²) in [6.45, 7) is 4.25. The average Bonchev–Trinajstić information content (AvgIpc) is 2.70. The first-order chi connectivity index (χ1) is 13.2. The van der Waals surface area contributed by atoms with E-state index in [2.05, 4.69) is 61.8 Å². The van der Waals surface area contributed by atoms with Crippen molar-refractivity contribution in [3.63, 3.8) is 0 Å². The minimum Gasteiger partial charge on any atom is -0.357 e. The number of hydrogen-bond acceptors (Lipinski definition) is 12. The highest BCUT2D eigenvalue weighted by molar-refractivity contribution is 5.42. The summed E-state index contributed by atoms with van der Waals surface area (Å²) in [5, 5.41) is 18.3. The Hall–Kier alpha value is -3.18. The molecule has 0 saturated heterocycles. The minimum atomic E-state index is 0.519. The second-order valence-electron chi connectivity index (χ2n) is 5.45. The summed E-state index contributed by atoms with van der Waals surface area (Å²) >= 11 is 0. The van der Waals surface area contributed by atoms with Gasteiger partial charge in [-0.15, -0.1) is 0 Å². The van der Waals surface area contributed by atoms with E-state index in [-0.39, 0.29) is 0 Å². The van der Waals surface area contributed by atoms with Crippen LogP contribution >= 0.6 is 0 Å². The summed E-state index contributed by atoms with van der Waals surface area (Å²) in [6.07, 6.45) is 1.87. The van der Waals surface area contributed by atoms with Crippen molar-refractivity contribution >= 4 is 35.7 Å². The molecule has 0 aliphatic heterocycles. The van der Waals surface area contributed by atoms with E-state index in [1.165, 1.54) is 0 Å². The minimum absolute atomic E-state index is 0.519. The molecule has 2 aromatic heterocycles. The summed E-state index contributed by atoms with van der Waals surface area (Å²) in [5.41, 5.74) is 0. The summed E-state index contributed by atoms with van der Waals surface area (Å²) in [5.74, 6) is 3.21. The van der Waals surface area contributed by atoms with E-state index in [1.54, 1.807) is 21.1 Å². The third-order valence-electron chi connectivity index (χ3n) is 3.45. The third-order valence-corrected chi connectivity index (χ3v) is 3.45. The van der Waals surface area contributed by atoms with E-state index >= 15 is 0 Å². The smallest absolute Gasteiger partial charge is 0.229 e. The zero-order valence-corrected chi connectivity index (χ0v) is 16.2. The molecule has 12 heteroatoms. The molecule has 0 aliphatic carbocycles. The number of hydrogen-bond donors (Lipinski definition) is 6. The molecule has 6 N–H and O–H groups in total. The molecule has 0 aliphatic rings. The quantitative estimate of drug-likeness (QED) is 0.292. The van der Waals surface area contributed by atoms with E-state index in [1.807, 2.05) is 6.92 Å². The van der Waals surface area contributed by atoms with Crippen molar-refractivity contribution in [2.24, 2.45) is 0 Å². The lowest BCUT2D eigenvalue weighted by Crippen LogP contribution is -2.13. The largest absolute Gasteiger partial charge is 0.357 e. The highest BCUT2D eigenvalue weighted by atomic mass is 15.3. The van der Waals surface area contributed by atoms with Gasteiger partial charge in [0.05, 0.1) is 0 Å². The van der Waals surface area contributed by atoms with Crippen molar-refractivity contribution in [1.29, 1.82) is 0 Å². The Labute approximate surface area is 158 Å². The lowest BCUT2D eigenvalue weighted by Gasteiger charge is -2.10. The Balaban J connectivity index is 1.75. The van der Waals surface area contributed by atoms with E-state index in [4.69, 9.17) is 0 Å². The van der Waals surface area contributed by atoms with Gasteiger partial charge in [-0.25, -0.2) is 0 Å². The third kappa shape index (κ3) is 6.56. The highest BCUT2D eigenvalue weighted by Crippen LogP contribution is 2.10. The molecule has 0 amide bonds. The Bertz CT molecular complexity index is 685. The summed E-state index contributed by atoms with van der Waals surface area (Å²) in [4.78, 5) is 25.6. The molecule has 2 heterocycles. The van der Waals surface area contributed by atoms with E-state index in [0.717, 1.165) is 32.5 Å². The Morgan fingerprint density at radius 1 is 0.519 bits per heavy atom. The Morgan fingerprint density at radius 3 is 1.22 bits per heavy atom. The van der Waals surface area contributed by atoms with Gasteiger partial charge in [-0.1, -0.05) is 0 Å². The molecule has 0 atom stereocenters. The molecule has 27 heavy (non-hydrogen) atoms. The fourth-order valence-corrected chi connectivity index (χ4v) is 2.13. The number of nitrogens with zero attached hydrogens (tertiary/aromatic N) is 6. The van der Waals surface area contributed by atoms with Crippen LogP contribution in [0.15, 0.2) is 0 Å². The van der Waals surface area contributed by atoms with Crippen LogP contribution < -0.4 is 31.9 Å². The molecule has 0 saturated carbocycles. The SMILES string of the molecule is CCNc1nc(NC)nc(NCCCCNc2nc(NC)nc(NC)n2)n1. The van der Waals surface area contributed by atoms with E-state index in [9.17, 15) is 0 Å². The monoisotopic (exact) mass is 376 g/mol. The molecule has 148 valence electrons. The standard InChI is InChI=1S/C15H28N12/c1-5-19-13-23-12(18-4)26-15(27-13)21-9-7-6-8-20-14-24-10(16-2)22-11(17-3)25-14/h5-9H2,1-4H3,(H3,16,17,20,22,24,25)(H3,18,19,21,23,26,27). The van der Waals surface area contributed by atoms with Crippen LogP contribution in [0.25, 0.3) is 0 Å². The van der Waals surface area contributed by atoms with Crippen LogP contribution in [0.3, 0.4) is 0 Å². The molecule has 0 radical (unpaired) electrons. The molecule has 0 fully saturated rings.